The van der Waals surface area contributed by atoms with E-state index in [1.54, 1.807) is 0 Å². The van der Waals surface area contributed by atoms with Gasteiger partial charge in [-0.05, 0) is 30.2 Å². The maximum Gasteiger partial charge on any atom is 0.216 e. The highest BCUT2D eigenvalue weighted by Crippen LogP contribution is 2.08. The molecule has 0 heterocycles. The van der Waals surface area contributed by atoms with Crippen molar-refractivity contribution in [1.82, 2.24) is 5.32 Å². The summed E-state index contributed by atoms with van der Waals surface area (Å²) < 4.78 is 0. The Kier molecular flexibility index (Phi) is 3.34. The normalized spacial score (nSPS) is 15.4. The van der Waals surface area contributed by atoms with Crippen molar-refractivity contribution in [2.75, 3.05) is 6.54 Å². The molecule has 0 saturated heterocycles. The van der Waals surface area contributed by atoms with Gasteiger partial charge >= 0.3 is 0 Å². The molecule has 2 N–H and O–H groups in total. The van der Waals surface area contributed by atoms with Gasteiger partial charge in [0.05, 0.1) is 5.71 Å². The largest absolute Gasteiger partial charge is 0.356 e. The molecule has 1 rings (SSSR count). The second-order valence-corrected chi connectivity index (χ2v) is 3.05. The zero-order chi connectivity index (χ0) is 10.6. The van der Waals surface area contributed by atoms with Gasteiger partial charge < -0.3 is 10.7 Å². The molecule has 0 aliphatic heterocycles. The quantitative estimate of drug-likeness (QED) is 0.643. The van der Waals surface area contributed by atoms with Crippen molar-refractivity contribution in [3.8, 4) is 0 Å². The minimum atomic E-state index is -0.102. The van der Waals surface area contributed by atoms with E-state index in [1.807, 2.05) is 0 Å². The van der Waals surface area contributed by atoms with E-state index in [-0.39, 0.29) is 11.7 Å². The van der Waals surface area contributed by atoms with Crippen molar-refractivity contribution in [3.63, 3.8) is 0 Å². The fraction of sp³-hybridized carbons (Fsp3) is 0.300. The second kappa shape index (κ2) is 4.50. The van der Waals surface area contributed by atoms with E-state index >= 15 is 0 Å². The van der Waals surface area contributed by atoms with Crippen molar-refractivity contribution < 1.29 is 9.59 Å². The zero-order valence-electron chi connectivity index (χ0n) is 7.96. The third kappa shape index (κ3) is 2.97. The molecule has 0 aromatic heterocycles. The number of hydrogen-bond acceptors (Lipinski definition) is 3. The smallest absolute Gasteiger partial charge is 0.216 e. The summed E-state index contributed by atoms with van der Waals surface area (Å²) in [6.07, 6.45) is 4.80. The molecule has 0 aromatic rings. The fourth-order valence-electron chi connectivity index (χ4n) is 1.15. The van der Waals surface area contributed by atoms with Crippen molar-refractivity contribution in [1.29, 1.82) is 5.41 Å². The molecule has 0 spiro atoms. The monoisotopic (exact) mass is 192 g/mol. The average molecular weight is 192 g/mol. The van der Waals surface area contributed by atoms with E-state index in [9.17, 15) is 9.59 Å². The van der Waals surface area contributed by atoms with Gasteiger partial charge in [-0.25, -0.2) is 0 Å². The number of nitrogens with one attached hydrogen (secondary N) is 2. The summed E-state index contributed by atoms with van der Waals surface area (Å²) in [5, 5.41) is 10.1. The van der Waals surface area contributed by atoms with Gasteiger partial charge in [0.15, 0.2) is 5.78 Å². The topological polar surface area (TPSA) is 70.0 Å². The van der Waals surface area contributed by atoms with Gasteiger partial charge in [-0.15, -0.1) is 0 Å². The molecule has 74 valence electrons. The second-order valence-electron chi connectivity index (χ2n) is 3.05. The van der Waals surface area contributed by atoms with Crippen molar-refractivity contribution >= 4 is 17.4 Å². The summed E-state index contributed by atoms with van der Waals surface area (Å²) in [6.45, 7) is 1.90. The molecular formula is C10H12N2O2. The number of hydrogen-bond donors (Lipinski definition) is 2. The maximum atomic E-state index is 11.0. The van der Waals surface area contributed by atoms with Crippen LogP contribution in [0, 0.1) is 5.41 Å². The third-order valence-corrected chi connectivity index (χ3v) is 1.84. The van der Waals surface area contributed by atoms with Crippen molar-refractivity contribution in [2.45, 2.75) is 13.3 Å². The van der Waals surface area contributed by atoms with Gasteiger partial charge in [-0.2, -0.15) is 0 Å². The first-order valence-electron chi connectivity index (χ1n) is 4.35. The van der Waals surface area contributed by atoms with Crippen LogP contribution in [0.3, 0.4) is 0 Å². The Morgan fingerprint density at radius 2 is 2.21 bits per heavy atom. The summed E-state index contributed by atoms with van der Waals surface area (Å²) in [4.78, 5) is 21.5. The van der Waals surface area contributed by atoms with Gasteiger partial charge in [0.2, 0.25) is 5.91 Å². The lowest BCUT2D eigenvalue weighted by molar-refractivity contribution is -0.118. The summed E-state index contributed by atoms with van der Waals surface area (Å²) in [5.41, 5.74) is 1.02. The van der Waals surface area contributed by atoms with Crippen LogP contribution in [-0.4, -0.2) is 23.9 Å². The number of amides is 1. The summed E-state index contributed by atoms with van der Waals surface area (Å²) >= 11 is 0. The van der Waals surface area contributed by atoms with Gasteiger partial charge in [0.25, 0.3) is 0 Å². The molecule has 4 nitrogen and oxygen atoms in total. The Morgan fingerprint density at radius 3 is 2.86 bits per heavy atom. The molecule has 0 saturated carbocycles. The van der Waals surface area contributed by atoms with Crippen LogP contribution in [0.5, 0.6) is 0 Å². The molecule has 0 aromatic carbocycles. The molecular weight excluding hydrogens is 180 g/mol. The van der Waals surface area contributed by atoms with Gasteiger partial charge in [-0.1, -0.05) is 0 Å². The SMILES string of the molecule is CC(=O)NCCC1=CC(=O)C=CC1=N. The number of allylic oxidation sites excluding steroid dienone is 3. The molecule has 0 fully saturated rings. The lowest BCUT2D eigenvalue weighted by Crippen LogP contribution is -2.22. The van der Waals surface area contributed by atoms with E-state index < -0.39 is 0 Å². The van der Waals surface area contributed by atoms with Gasteiger partial charge in [0.1, 0.15) is 0 Å². The molecule has 0 unspecified atom stereocenters. The van der Waals surface area contributed by atoms with Crippen molar-refractivity contribution in [2.24, 2.45) is 0 Å². The number of ketones is 1. The first kappa shape index (κ1) is 10.4. The first-order valence-corrected chi connectivity index (χ1v) is 4.35. The van der Waals surface area contributed by atoms with E-state index in [4.69, 9.17) is 5.41 Å². The molecule has 1 aliphatic carbocycles. The standard InChI is InChI=1S/C10H12N2O2/c1-7(13)12-5-4-8-6-9(14)2-3-10(8)11/h2-3,6,11H,4-5H2,1H3,(H,12,13). The molecule has 14 heavy (non-hydrogen) atoms. The van der Waals surface area contributed by atoms with E-state index in [0.29, 0.717) is 24.3 Å². The third-order valence-electron chi connectivity index (χ3n) is 1.84. The minimum Gasteiger partial charge on any atom is -0.356 e. The van der Waals surface area contributed by atoms with Crippen LogP contribution in [0.1, 0.15) is 13.3 Å². The van der Waals surface area contributed by atoms with Gasteiger partial charge in [-0.3, -0.25) is 9.59 Å². The Labute approximate surface area is 82.2 Å². The van der Waals surface area contributed by atoms with E-state index in [2.05, 4.69) is 5.32 Å². The highest BCUT2D eigenvalue weighted by Gasteiger charge is 2.09. The minimum absolute atomic E-state index is 0.0983. The predicted molar refractivity (Wildman–Crippen MR) is 53.3 cm³/mol. The molecule has 0 bridgehead atoms. The van der Waals surface area contributed by atoms with Crippen LogP contribution < -0.4 is 5.32 Å². The summed E-state index contributed by atoms with van der Waals surface area (Å²) in [6, 6.07) is 0. The Hall–Kier alpha value is -1.71. The lowest BCUT2D eigenvalue weighted by atomic mass is 10.0. The zero-order valence-corrected chi connectivity index (χ0v) is 7.96. The molecule has 4 heteroatoms. The number of carbonyl (C=O) groups is 2. The molecule has 0 atom stereocenters. The highest BCUT2D eigenvalue weighted by molar-refractivity contribution is 6.18. The van der Waals surface area contributed by atoms with E-state index in [1.165, 1.54) is 25.2 Å². The molecule has 0 radical (unpaired) electrons. The Bertz CT molecular complexity index is 340. The van der Waals surface area contributed by atoms with Crippen molar-refractivity contribution in [3.05, 3.63) is 23.8 Å². The van der Waals surface area contributed by atoms with Crippen LogP contribution in [0.25, 0.3) is 0 Å². The molecule has 1 aliphatic rings. The van der Waals surface area contributed by atoms with Crippen LogP contribution in [-0.2, 0) is 9.59 Å². The van der Waals surface area contributed by atoms with Crippen LogP contribution in [0.2, 0.25) is 0 Å². The summed E-state index contributed by atoms with van der Waals surface area (Å²) in [5.74, 6) is -0.200. The predicted octanol–water partition coefficient (Wildman–Crippen LogP) is 0.598. The Morgan fingerprint density at radius 1 is 1.50 bits per heavy atom. The lowest BCUT2D eigenvalue weighted by Gasteiger charge is -2.08. The summed E-state index contributed by atoms with van der Waals surface area (Å²) in [7, 11) is 0. The number of rotatable bonds is 3. The van der Waals surface area contributed by atoms with Crippen LogP contribution in [0.15, 0.2) is 23.8 Å². The Balaban J connectivity index is 2.48. The number of carbonyl (C=O) groups excluding carboxylic acids is 2. The van der Waals surface area contributed by atoms with Crippen LogP contribution >= 0.6 is 0 Å². The average Bonchev–Trinajstić information content (AvgIpc) is 2.10. The molecule has 1 amide bonds. The van der Waals surface area contributed by atoms with Gasteiger partial charge in [0, 0.05) is 13.5 Å². The van der Waals surface area contributed by atoms with Crippen LogP contribution in [0.4, 0.5) is 0 Å². The fourth-order valence-corrected chi connectivity index (χ4v) is 1.15. The first-order chi connectivity index (χ1) is 6.59. The van der Waals surface area contributed by atoms with E-state index in [0.717, 1.165) is 0 Å². The highest BCUT2D eigenvalue weighted by atomic mass is 16.1. The maximum absolute atomic E-state index is 11.0.